The molecule has 5 heteroatoms. The van der Waals surface area contributed by atoms with Crippen molar-refractivity contribution in [3.63, 3.8) is 0 Å². The first kappa shape index (κ1) is 12.8. The largest absolute Gasteiger partial charge is 0.409 e. The summed E-state index contributed by atoms with van der Waals surface area (Å²) in [6.45, 7) is 1.43. The molecule has 0 aliphatic heterocycles. The molecule has 0 aromatic heterocycles. The van der Waals surface area contributed by atoms with Gasteiger partial charge in [0.1, 0.15) is 5.82 Å². The highest BCUT2D eigenvalue weighted by molar-refractivity contribution is 5.97. The Morgan fingerprint density at radius 2 is 2.28 bits per heavy atom. The van der Waals surface area contributed by atoms with Crippen LogP contribution in [0.2, 0.25) is 0 Å². The van der Waals surface area contributed by atoms with Gasteiger partial charge in [-0.2, -0.15) is 0 Å². The highest BCUT2D eigenvalue weighted by Gasteiger charge is 2.20. The molecular formula is C13H18FN3O. The summed E-state index contributed by atoms with van der Waals surface area (Å²) in [5, 5.41) is 14.6. The summed E-state index contributed by atoms with van der Waals surface area (Å²) in [5.41, 5.74) is 6.38. The number of nitrogens with zero attached hydrogens (tertiary/aromatic N) is 1. The monoisotopic (exact) mass is 251 g/mol. The van der Waals surface area contributed by atoms with Crippen LogP contribution in [0.3, 0.4) is 0 Å². The molecule has 0 heterocycles. The van der Waals surface area contributed by atoms with Crippen LogP contribution in [0.5, 0.6) is 0 Å². The number of hydrogen-bond donors (Lipinski definition) is 3. The van der Waals surface area contributed by atoms with Crippen LogP contribution >= 0.6 is 0 Å². The Labute approximate surface area is 106 Å². The van der Waals surface area contributed by atoms with E-state index in [-0.39, 0.29) is 11.7 Å². The molecule has 18 heavy (non-hydrogen) atoms. The second-order valence-electron chi connectivity index (χ2n) is 4.70. The van der Waals surface area contributed by atoms with Crippen molar-refractivity contribution < 1.29 is 9.60 Å². The smallest absolute Gasteiger partial charge is 0.170 e. The van der Waals surface area contributed by atoms with E-state index >= 15 is 0 Å². The van der Waals surface area contributed by atoms with Crippen LogP contribution in [0, 0.1) is 11.7 Å². The Morgan fingerprint density at radius 3 is 2.89 bits per heavy atom. The molecule has 98 valence electrons. The van der Waals surface area contributed by atoms with E-state index < -0.39 is 0 Å². The van der Waals surface area contributed by atoms with Crippen LogP contribution in [0.1, 0.15) is 30.4 Å². The number of nitrogens with two attached hydrogens (primary N) is 1. The molecule has 1 aromatic carbocycles. The lowest BCUT2D eigenvalue weighted by atomic mass is 10.1. The fourth-order valence-corrected chi connectivity index (χ4v) is 1.84. The van der Waals surface area contributed by atoms with E-state index in [0.717, 1.165) is 12.5 Å². The number of halogens is 1. The average molecular weight is 251 g/mol. The zero-order chi connectivity index (χ0) is 13.0. The van der Waals surface area contributed by atoms with Crippen molar-refractivity contribution in [2.75, 3.05) is 6.54 Å². The summed E-state index contributed by atoms with van der Waals surface area (Å²) in [5.74, 6) is 0.463. The molecule has 1 saturated carbocycles. The lowest BCUT2D eigenvalue weighted by molar-refractivity contribution is 0.318. The van der Waals surface area contributed by atoms with Gasteiger partial charge in [0.2, 0.25) is 0 Å². The van der Waals surface area contributed by atoms with Crippen molar-refractivity contribution in [1.82, 2.24) is 5.32 Å². The summed E-state index contributed by atoms with van der Waals surface area (Å²) in [4.78, 5) is 0. The minimum absolute atomic E-state index is 0.0813. The van der Waals surface area contributed by atoms with E-state index in [2.05, 4.69) is 10.5 Å². The Balaban J connectivity index is 1.87. The molecule has 0 atom stereocenters. The van der Waals surface area contributed by atoms with Gasteiger partial charge in [-0.3, -0.25) is 0 Å². The highest BCUT2D eigenvalue weighted by Crippen LogP contribution is 2.31. The van der Waals surface area contributed by atoms with E-state index in [4.69, 9.17) is 10.9 Å². The van der Waals surface area contributed by atoms with Gasteiger partial charge >= 0.3 is 0 Å². The maximum atomic E-state index is 13.7. The van der Waals surface area contributed by atoms with Crippen LogP contribution in [-0.2, 0) is 6.54 Å². The number of benzene rings is 1. The standard InChI is InChI=1S/C13H18FN3O/c14-12-7-10(13(15)17-18)3-4-11(12)8-16-6-5-9-1-2-9/h3-4,7,9,16,18H,1-2,5-6,8H2,(H2,15,17). The van der Waals surface area contributed by atoms with Crippen molar-refractivity contribution in [1.29, 1.82) is 0 Å². The van der Waals surface area contributed by atoms with Gasteiger partial charge in [-0.05, 0) is 24.9 Å². The quantitative estimate of drug-likeness (QED) is 0.237. The Morgan fingerprint density at radius 1 is 1.50 bits per heavy atom. The molecule has 1 aliphatic rings. The average Bonchev–Trinajstić information content (AvgIpc) is 3.19. The Bertz CT molecular complexity index is 444. The minimum atomic E-state index is -0.335. The van der Waals surface area contributed by atoms with Crippen LogP contribution in [0.25, 0.3) is 0 Å². The molecule has 1 fully saturated rings. The molecule has 4 nitrogen and oxygen atoms in total. The van der Waals surface area contributed by atoms with Gasteiger partial charge < -0.3 is 16.3 Å². The minimum Gasteiger partial charge on any atom is -0.409 e. The summed E-state index contributed by atoms with van der Waals surface area (Å²) in [6, 6.07) is 4.59. The van der Waals surface area contributed by atoms with Crippen molar-refractivity contribution in [2.24, 2.45) is 16.8 Å². The zero-order valence-electron chi connectivity index (χ0n) is 10.2. The van der Waals surface area contributed by atoms with Gasteiger partial charge in [-0.1, -0.05) is 30.1 Å². The molecule has 0 radical (unpaired) electrons. The molecule has 0 saturated heterocycles. The summed E-state index contributed by atoms with van der Waals surface area (Å²) >= 11 is 0. The maximum Gasteiger partial charge on any atom is 0.170 e. The molecule has 4 N–H and O–H groups in total. The number of amidine groups is 1. The van der Waals surface area contributed by atoms with Gasteiger partial charge in [0.25, 0.3) is 0 Å². The van der Waals surface area contributed by atoms with Crippen molar-refractivity contribution in [3.05, 3.63) is 35.1 Å². The van der Waals surface area contributed by atoms with Gasteiger partial charge in [0.15, 0.2) is 5.84 Å². The van der Waals surface area contributed by atoms with Crippen LogP contribution < -0.4 is 11.1 Å². The highest BCUT2D eigenvalue weighted by atomic mass is 19.1. The molecule has 0 amide bonds. The predicted molar refractivity (Wildman–Crippen MR) is 68.0 cm³/mol. The zero-order valence-corrected chi connectivity index (χ0v) is 10.2. The first-order valence-electron chi connectivity index (χ1n) is 6.17. The summed E-state index contributed by atoms with van der Waals surface area (Å²) in [6.07, 6.45) is 3.85. The number of rotatable bonds is 6. The fraction of sp³-hybridized carbons (Fsp3) is 0.462. The first-order valence-corrected chi connectivity index (χ1v) is 6.17. The van der Waals surface area contributed by atoms with E-state index in [0.29, 0.717) is 17.7 Å². The van der Waals surface area contributed by atoms with Crippen molar-refractivity contribution >= 4 is 5.84 Å². The van der Waals surface area contributed by atoms with E-state index in [1.165, 1.54) is 25.3 Å². The first-order chi connectivity index (χ1) is 8.70. The van der Waals surface area contributed by atoms with Gasteiger partial charge in [0, 0.05) is 17.7 Å². The number of oxime groups is 1. The van der Waals surface area contributed by atoms with E-state index in [1.807, 2.05) is 0 Å². The van der Waals surface area contributed by atoms with Crippen LogP contribution in [0.15, 0.2) is 23.4 Å². The summed E-state index contributed by atoms with van der Waals surface area (Å²) in [7, 11) is 0. The predicted octanol–water partition coefficient (Wildman–Crippen LogP) is 1.81. The van der Waals surface area contributed by atoms with E-state index in [9.17, 15) is 4.39 Å². The second kappa shape index (κ2) is 5.82. The Hall–Kier alpha value is -1.62. The summed E-state index contributed by atoms with van der Waals surface area (Å²) < 4.78 is 13.7. The molecule has 0 unspecified atom stereocenters. The maximum absolute atomic E-state index is 13.7. The molecule has 0 bridgehead atoms. The van der Waals surface area contributed by atoms with Crippen molar-refractivity contribution in [2.45, 2.75) is 25.8 Å². The van der Waals surface area contributed by atoms with Gasteiger partial charge in [0.05, 0.1) is 0 Å². The SMILES string of the molecule is NC(=NO)c1ccc(CNCCC2CC2)c(F)c1. The van der Waals surface area contributed by atoms with Gasteiger partial charge in [-0.15, -0.1) is 0 Å². The third-order valence-corrected chi connectivity index (χ3v) is 3.20. The molecule has 0 spiro atoms. The number of nitrogens with one attached hydrogen (secondary N) is 1. The third-order valence-electron chi connectivity index (χ3n) is 3.20. The van der Waals surface area contributed by atoms with Crippen LogP contribution in [0.4, 0.5) is 4.39 Å². The van der Waals surface area contributed by atoms with Crippen LogP contribution in [-0.4, -0.2) is 17.6 Å². The lowest BCUT2D eigenvalue weighted by Gasteiger charge is -2.07. The van der Waals surface area contributed by atoms with Crippen molar-refractivity contribution in [3.8, 4) is 0 Å². The lowest BCUT2D eigenvalue weighted by Crippen LogP contribution is -2.17. The Kier molecular flexibility index (Phi) is 4.15. The van der Waals surface area contributed by atoms with Gasteiger partial charge in [-0.25, -0.2) is 4.39 Å². The molecular weight excluding hydrogens is 233 g/mol. The molecule has 1 aliphatic carbocycles. The second-order valence-corrected chi connectivity index (χ2v) is 4.70. The normalized spacial score (nSPS) is 15.9. The van der Waals surface area contributed by atoms with E-state index in [1.54, 1.807) is 12.1 Å². The topological polar surface area (TPSA) is 70.6 Å². The fourth-order valence-electron chi connectivity index (χ4n) is 1.84. The number of hydrogen-bond acceptors (Lipinski definition) is 3. The third kappa shape index (κ3) is 3.43. The molecule has 2 rings (SSSR count). The molecule has 1 aromatic rings.